The van der Waals surface area contributed by atoms with E-state index in [9.17, 15) is 18.8 Å². The average molecular weight is 494 g/mol. The van der Waals surface area contributed by atoms with E-state index in [1.54, 1.807) is 37.3 Å². The number of amides is 3. The van der Waals surface area contributed by atoms with Crippen LogP contribution in [0, 0.1) is 17.1 Å². The summed E-state index contributed by atoms with van der Waals surface area (Å²) in [5, 5.41) is 17.2. The highest BCUT2D eigenvalue weighted by atomic mass is 32.1. The van der Waals surface area contributed by atoms with E-state index < -0.39 is 11.7 Å². The quantitative estimate of drug-likeness (QED) is 0.395. The van der Waals surface area contributed by atoms with E-state index in [4.69, 9.17) is 5.26 Å². The van der Waals surface area contributed by atoms with Crippen molar-refractivity contribution in [2.75, 3.05) is 13.1 Å². The molecule has 180 valence electrons. The molecule has 3 amide bonds. The van der Waals surface area contributed by atoms with Crippen molar-refractivity contribution in [3.05, 3.63) is 52.8 Å². The molecule has 1 atom stereocenters. The van der Waals surface area contributed by atoms with Gasteiger partial charge < -0.3 is 16.0 Å². The second-order valence-electron chi connectivity index (χ2n) is 8.37. The highest BCUT2D eigenvalue weighted by Crippen LogP contribution is 2.33. The Labute approximate surface area is 205 Å². The summed E-state index contributed by atoms with van der Waals surface area (Å²) in [6, 6.07) is 11.7. The first-order valence-electron chi connectivity index (χ1n) is 11.3. The van der Waals surface area contributed by atoms with E-state index in [0.29, 0.717) is 27.2 Å². The smallest absolute Gasteiger partial charge is 0.251 e. The van der Waals surface area contributed by atoms with Crippen molar-refractivity contribution in [1.82, 2.24) is 20.9 Å². The number of carbonyl (C=O) groups is 3. The number of thiazole rings is 1. The normalized spacial score (nSPS) is 13.6. The zero-order valence-electron chi connectivity index (χ0n) is 19.1. The van der Waals surface area contributed by atoms with Crippen LogP contribution < -0.4 is 16.0 Å². The van der Waals surface area contributed by atoms with Crippen LogP contribution in [0.15, 0.2) is 36.4 Å². The number of carbonyl (C=O) groups excluding carboxylic acids is 3. The molecule has 1 saturated carbocycles. The van der Waals surface area contributed by atoms with Crippen molar-refractivity contribution < 1.29 is 18.8 Å². The number of nitrogens with zero attached hydrogens (tertiary/aromatic N) is 2. The molecule has 1 aliphatic carbocycles. The third-order valence-corrected chi connectivity index (χ3v) is 6.80. The van der Waals surface area contributed by atoms with Crippen LogP contribution in [-0.2, 0) is 9.59 Å². The number of benzene rings is 2. The van der Waals surface area contributed by atoms with Crippen LogP contribution in [0.4, 0.5) is 4.39 Å². The number of rotatable bonds is 9. The van der Waals surface area contributed by atoms with E-state index in [1.807, 2.05) is 6.07 Å². The van der Waals surface area contributed by atoms with Gasteiger partial charge in [-0.25, -0.2) is 9.37 Å². The van der Waals surface area contributed by atoms with Gasteiger partial charge in [-0.15, -0.1) is 11.3 Å². The molecule has 0 bridgehead atoms. The SMILES string of the molecule is CC(C(=O)NCC(=O)NC1CC1)c1nc2cc(F)c(-c3ccc(C(=O)NCCC#N)cc3)cc2s1. The van der Waals surface area contributed by atoms with Crippen LogP contribution in [0.3, 0.4) is 0 Å². The third kappa shape index (κ3) is 6.00. The Kier molecular flexibility index (Phi) is 7.36. The van der Waals surface area contributed by atoms with Gasteiger partial charge in [-0.2, -0.15) is 5.26 Å². The lowest BCUT2D eigenvalue weighted by molar-refractivity contribution is -0.126. The van der Waals surface area contributed by atoms with Crippen LogP contribution >= 0.6 is 11.3 Å². The van der Waals surface area contributed by atoms with Gasteiger partial charge in [0, 0.05) is 29.8 Å². The summed E-state index contributed by atoms with van der Waals surface area (Å²) in [6.45, 7) is 1.87. The summed E-state index contributed by atoms with van der Waals surface area (Å²) in [5.41, 5.74) is 1.82. The molecular weight excluding hydrogens is 469 g/mol. The third-order valence-electron chi connectivity index (χ3n) is 5.60. The molecule has 3 N–H and O–H groups in total. The number of nitrogens with one attached hydrogen (secondary N) is 3. The van der Waals surface area contributed by atoms with Crippen molar-refractivity contribution >= 4 is 39.3 Å². The topological polar surface area (TPSA) is 124 Å². The van der Waals surface area contributed by atoms with E-state index >= 15 is 0 Å². The maximum atomic E-state index is 14.9. The van der Waals surface area contributed by atoms with Gasteiger partial charge in [0.2, 0.25) is 11.8 Å². The molecule has 8 nitrogen and oxygen atoms in total. The van der Waals surface area contributed by atoms with Crippen molar-refractivity contribution in [2.24, 2.45) is 0 Å². The summed E-state index contributed by atoms with van der Waals surface area (Å²) in [7, 11) is 0. The molecule has 0 spiro atoms. The van der Waals surface area contributed by atoms with Crippen molar-refractivity contribution in [1.29, 1.82) is 5.26 Å². The Morgan fingerprint density at radius 3 is 2.63 bits per heavy atom. The second kappa shape index (κ2) is 10.6. The van der Waals surface area contributed by atoms with E-state index in [-0.39, 0.29) is 43.3 Å². The molecule has 3 aromatic rings. The highest BCUT2D eigenvalue weighted by molar-refractivity contribution is 7.18. The molecule has 1 aromatic heterocycles. The van der Waals surface area contributed by atoms with Crippen LogP contribution in [-0.4, -0.2) is 41.8 Å². The van der Waals surface area contributed by atoms with E-state index in [2.05, 4.69) is 20.9 Å². The molecule has 0 saturated heterocycles. The monoisotopic (exact) mass is 493 g/mol. The maximum absolute atomic E-state index is 14.9. The Bertz CT molecular complexity index is 1310. The molecule has 1 heterocycles. The summed E-state index contributed by atoms with van der Waals surface area (Å²) < 4.78 is 15.6. The molecule has 2 aromatic carbocycles. The molecule has 0 radical (unpaired) electrons. The predicted octanol–water partition coefficient (Wildman–Crippen LogP) is 3.24. The van der Waals surface area contributed by atoms with Gasteiger partial charge in [-0.1, -0.05) is 12.1 Å². The van der Waals surface area contributed by atoms with Crippen molar-refractivity contribution in [2.45, 2.75) is 38.1 Å². The molecule has 35 heavy (non-hydrogen) atoms. The lowest BCUT2D eigenvalue weighted by Crippen LogP contribution is -2.39. The number of nitriles is 1. The fourth-order valence-electron chi connectivity index (χ4n) is 3.45. The Hall–Kier alpha value is -3.84. The minimum atomic E-state index is -0.591. The second-order valence-corrected chi connectivity index (χ2v) is 9.44. The van der Waals surface area contributed by atoms with Crippen LogP contribution in [0.2, 0.25) is 0 Å². The fraction of sp³-hybridized carbons (Fsp3) is 0.320. The lowest BCUT2D eigenvalue weighted by atomic mass is 10.0. The summed E-state index contributed by atoms with van der Waals surface area (Å²) in [5.74, 6) is -1.89. The highest BCUT2D eigenvalue weighted by Gasteiger charge is 2.25. The Morgan fingerprint density at radius 2 is 1.94 bits per heavy atom. The largest absolute Gasteiger partial charge is 0.352 e. The summed E-state index contributed by atoms with van der Waals surface area (Å²) >= 11 is 1.30. The molecular formula is C25H24FN5O3S. The molecule has 10 heteroatoms. The Balaban J connectivity index is 1.46. The van der Waals surface area contributed by atoms with Crippen molar-refractivity contribution in [3.8, 4) is 17.2 Å². The number of halogens is 1. The summed E-state index contributed by atoms with van der Waals surface area (Å²) in [6.07, 6.45) is 2.17. The van der Waals surface area contributed by atoms with Gasteiger partial charge in [-0.05, 0) is 43.5 Å². The number of fused-ring (bicyclic) bond motifs is 1. The van der Waals surface area contributed by atoms with Crippen LogP contribution in [0.5, 0.6) is 0 Å². The first-order chi connectivity index (χ1) is 16.9. The molecule has 4 rings (SSSR count). The molecule has 1 fully saturated rings. The van der Waals surface area contributed by atoms with Gasteiger partial charge in [-0.3, -0.25) is 14.4 Å². The zero-order chi connectivity index (χ0) is 24.9. The molecule has 0 aliphatic heterocycles. The minimum Gasteiger partial charge on any atom is -0.352 e. The van der Waals surface area contributed by atoms with Crippen LogP contribution in [0.1, 0.15) is 47.5 Å². The standard InChI is InChI=1S/C25H24FN5O3S/c1-14(23(33)29-13-22(32)30-17-7-8-17)25-31-20-12-19(26)18(11-21(20)35-25)15-3-5-16(6-4-15)24(34)28-10-2-9-27/h3-6,11-12,14,17H,2,7-8,10,13H2,1H3,(H,28,34)(H,29,33)(H,30,32). The van der Waals surface area contributed by atoms with Crippen molar-refractivity contribution in [3.63, 3.8) is 0 Å². The number of hydrogen-bond donors (Lipinski definition) is 3. The fourth-order valence-corrected chi connectivity index (χ4v) is 4.49. The summed E-state index contributed by atoms with van der Waals surface area (Å²) in [4.78, 5) is 40.9. The molecule has 1 aliphatic rings. The van der Waals surface area contributed by atoms with E-state index in [0.717, 1.165) is 17.5 Å². The number of hydrogen-bond acceptors (Lipinski definition) is 6. The first kappa shape index (κ1) is 24.3. The first-order valence-corrected chi connectivity index (χ1v) is 12.1. The molecule has 1 unspecified atom stereocenters. The number of aromatic nitrogens is 1. The van der Waals surface area contributed by atoms with Gasteiger partial charge in [0.1, 0.15) is 10.8 Å². The van der Waals surface area contributed by atoms with Gasteiger partial charge in [0.15, 0.2) is 0 Å². The Morgan fingerprint density at radius 1 is 1.20 bits per heavy atom. The van der Waals surface area contributed by atoms with Gasteiger partial charge in [0.05, 0.1) is 35.2 Å². The van der Waals surface area contributed by atoms with E-state index in [1.165, 1.54) is 17.4 Å². The minimum absolute atomic E-state index is 0.0876. The van der Waals surface area contributed by atoms with Gasteiger partial charge >= 0.3 is 0 Å². The zero-order valence-corrected chi connectivity index (χ0v) is 19.9. The lowest BCUT2D eigenvalue weighted by Gasteiger charge is -2.09. The predicted molar refractivity (Wildman–Crippen MR) is 130 cm³/mol. The van der Waals surface area contributed by atoms with Gasteiger partial charge in [0.25, 0.3) is 5.91 Å². The van der Waals surface area contributed by atoms with Crippen LogP contribution in [0.25, 0.3) is 21.3 Å². The maximum Gasteiger partial charge on any atom is 0.251 e. The average Bonchev–Trinajstić information content (AvgIpc) is 3.57.